The fraction of sp³-hybridized carbons (Fsp3) is 0.267. The third-order valence-corrected chi connectivity index (χ3v) is 7.93. The number of hydrogen-bond donors (Lipinski definition) is 2. The van der Waals surface area contributed by atoms with Crippen molar-refractivity contribution in [3.8, 4) is 16.8 Å². The first-order chi connectivity index (χ1) is 20.7. The van der Waals surface area contributed by atoms with E-state index in [1.54, 1.807) is 19.1 Å². The molecule has 1 aromatic heterocycles. The van der Waals surface area contributed by atoms with Crippen LogP contribution >= 0.6 is 0 Å². The van der Waals surface area contributed by atoms with Gasteiger partial charge in [0.15, 0.2) is 5.82 Å². The lowest BCUT2D eigenvalue weighted by Gasteiger charge is -2.16. The highest BCUT2D eigenvalue weighted by molar-refractivity contribution is 7.89. The predicted molar refractivity (Wildman–Crippen MR) is 155 cm³/mol. The van der Waals surface area contributed by atoms with E-state index in [1.807, 2.05) is 36.4 Å². The van der Waals surface area contributed by atoms with Crippen molar-refractivity contribution in [1.29, 1.82) is 0 Å². The second kappa shape index (κ2) is 11.4. The smallest absolute Gasteiger partial charge is 0.416 e. The molecule has 14 heteroatoms. The van der Waals surface area contributed by atoms with E-state index in [9.17, 15) is 31.2 Å². The Kier molecular flexibility index (Phi) is 7.97. The van der Waals surface area contributed by atoms with Crippen molar-refractivity contribution in [1.82, 2.24) is 19.7 Å². The van der Waals surface area contributed by atoms with Gasteiger partial charge in [0.05, 0.1) is 22.9 Å². The van der Waals surface area contributed by atoms with Crippen molar-refractivity contribution in [3.05, 3.63) is 95.2 Å². The van der Waals surface area contributed by atoms with Crippen LogP contribution in [0.2, 0.25) is 0 Å². The molecule has 1 aliphatic carbocycles. The summed E-state index contributed by atoms with van der Waals surface area (Å²) >= 11 is 0. The van der Waals surface area contributed by atoms with Gasteiger partial charge in [-0.2, -0.15) is 17.9 Å². The highest BCUT2D eigenvalue weighted by Gasteiger charge is 2.52. The van der Waals surface area contributed by atoms with Crippen LogP contribution in [0.4, 0.5) is 23.8 Å². The van der Waals surface area contributed by atoms with E-state index < -0.39 is 45.3 Å². The maximum Gasteiger partial charge on any atom is 0.416 e. The largest absolute Gasteiger partial charge is 0.441 e. The molecule has 1 aliphatic rings. The van der Waals surface area contributed by atoms with E-state index in [-0.39, 0.29) is 11.4 Å². The number of rotatable bonds is 8. The Balaban J connectivity index is 1.27. The molecule has 2 amide bonds. The molecule has 0 saturated heterocycles. The van der Waals surface area contributed by atoms with Crippen molar-refractivity contribution < 1.29 is 35.9 Å². The molecule has 3 aromatic carbocycles. The van der Waals surface area contributed by atoms with E-state index in [4.69, 9.17) is 4.74 Å². The van der Waals surface area contributed by atoms with Gasteiger partial charge in [-0.1, -0.05) is 53.7 Å². The van der Waals surface area contributed by atoms with Crippen LogP contribution in [0.1, 0.15) is 48.3 Å². The summed E-state index contributed by atoms with van der Waals surface area (Å²) < 4.78 is 71.1. The van der Waals surface area contributed by atoms with E-state index in [2.05, 4.69) is 20.4 Å². The van der Waals surface area contributed by atoms with E-state index in [0.717, 1.165) is 35.1 Å². The van der Waals surface area contributed by atoms with Gasteiger partial charge in [0.1, 0.15) is 11.8 Å². The number of amides is 2. The summed E-state index contributed by atoms with van der Waals surface area (Å²) in [5, 5.41) is 10.7. The lowest BCUT2D eigenvalue weighted by Crippen LogP contribution is -2.38. The minimum Gasteiger partial charge on any atom is -0.441 e. The van der Waals surface area contributed by atoms with Crippen molar-refractivity contribution in [2.45, 2.75) is 44.4 Å². The number of anilines is 1. The van der Waals surface area contributed by atoms with Crippen LogP contribution in [0.15, 0.2) is 72.8 Å². The Morgan fingerprint density at radius 2 is 1.61 bits per heavy atom. The first kappa shape index (κ1) is 30.7. The minimum atomic E-state index is -4.52. The molecular formula is C30H28F3N5O5S. The summed E-state index contributed by atoms with van der Waals surface area (Å²) in [5.74, 6) is -0.302. The van der Waals surface area contributed by atoms with Crippen molar-refractivity contribution in [2.75, 3.05) is 11.6 Å². The Hall–Kier alpha value is -4.72. The third kappa shape index (κ3) is 6.59. The van der Waals surface area contributed by atoms with E-state index in [0.29, 0.717) is 24.2 Å². The summed E-state index contributed by atoms with van der Waals surface area (Å²) in [7, 11) is -3.66. The normalized spacial score (nSPS) is 14.9. The van der Waals surface area contributed by atoms with Gasteiger partial charge >= 0.3 is 12.3 Å². The van der Waals surface area contributed by atoms with Crippen LogP contribution in [0.5, 0.6) is 0 Å². The molecular weight excluding hydrogens is 599 g/mol. The Morgan fingerprint density at radius 3 is 2.18 bits per heavy atom. The first-order valence-corrected chi connectivity index (χ1v) is 15.4. The molecule has 5 rings (SSSR count). The summed E-state index contributed by atoms with van der Waals surface area (Å²) in [4.78, 5) is 25.2. The number of nitrogens with one attached hydrogen (secondary N) is 2. The minimum absolute atomic E-state index is 0.187. The molecule has 10 nitrogen and oxygen atoms in total. The van der Waals surface area contributed by atoms with Crippen LogP contribution < -0.4 is 10.0 Å². The number of aryl methyl sites for hydroxylation is 1. The summed E-state index contributed by atoms with van der Waals surface area (Å²) in [6.07, 6.45) is -4.30. The second-order valence-electron chi connectivity index (χ2n) is 10.6. The maximum absolute atomic E-state index is 13.1. The van der Waals surface area contributed by atoms with Crippen LogP contribution in [-0.4, -0.2) is 41.7 Å². The molecule has 0 radical (unpaired) electrons. The SMILES string of the molecule is Cc1nnn(-c2ccc(-c3ccc(C4(C(=O)NS(C)(=O)=O)CC4)cc3)cc2)c1NC(=O)OC(C)c1cccc(C(F)(F)F)c1. The standard InChI is InChI=1S/C30H28F3N5O5S/c1-18-26(34-28(40)43-19(2)22-5-4-6-24(17-22)30(31,32)33)38(37-35-18)25-13-9-21(10-14-25)20-7-11-23(12-8-20)29(15-16-29)27(39)36-44(3,41)42/h4-14,17,19H,15-16H2,1-3H3,(H,34,40)(H,36,39). The number of ether oxygens (including phenoxy) is 1. The number of carbonyl (C=O) groups excluding carboxylic acids is 2. The monoisotopic (exact) mass is 627 g/mol. The molecule has 0 aliphatic heterocycles. The van der Waals surface area contributed by atoms with Crippen LogP contribution in [0.25, 0.3) is 16.8 Å². The van der Waals surface area contributed by atoms with Gasteiger partial charge in [0.25, 0.3) is 0 Å². The lowest BCUT2D eigenvalue weighted by atomic mass is 9.93. The molecule has 1 saturated carbocycles. The predicted octanol–water partition coefficient (Wildman–Crippen LogP) is 5.68. The average molecular weight is 628 g/mol. The van der Waals surface area contributed by atoms with Crippen LogP contribution in [0.3, 0.4) is 0 Å². The van der Waals surface area contributed by atoms with E-state index >= 15 is 0 Å². The van der Waals surface area contributed by atoms with Gasteiger partial charge in [0.2, 0.25) is 15.9 Å². The van der Waals surface area contributed by atoms with Gasteiger partial charge < -0.3 is 4.74 Å². The Morgan fingerprint density at radius 1 is 1.00 bits per heavy atom. The zero-order chi connectivity index (χ0) is 31.9. The molecule has 1 atom stereocenters. The molecule has 230 valence electrons. The number of halogens is 3. The zero-order valence-electron chi connectivity index (χ0n) is 23.8. The second-order valence-corrected chi connectivity index (χ2v) is 12.4. The molecule has 0 spiro atoms. The van der Waals surface area contributed by atoms with Crippen molar-refractivity contribution in [3.63, 3.8) is 0 Å². The molecule has 4 aromatic rings. The van der Waals surface area contributed by atoms with Gasteiger partial charge in [-0.05, 0) is 73.2 Å². The summed E-state index contributed by atoms with van der Waals surface area (Å²) in [5.41, 5.74) is 1.92. The summed E-state index contributed by atoms with van der Waals surface area (Å²) in [6, 6.07) is 19.1. The lowest BCUT2D eigenvalue weighted by molar-refractivity contribution is -0.137. The summed E-state index contributed by atoms with van der Waals surface area (Å²) in [6.45, 7) is 3.10. The fourth-order valence-electron chi connectivity index (χ4n) is 4.82. The maximum atomic E-state index is 13.1. The average Bonchev–Trinajstić information content (AvgIpc) is 3.71. The molecule has 2 N–H and O–H groups in total. The highest BCUT2D eigenvalue weighted by Crippen LogP contribution is 2.48. The Bertz CT molecular complexity index is 1820. The highest BCUT2D eigenvalue weighted by atomic mass is 32.2. The number of hydrogen-bond acceptors (Lipinski definition) is 7. The molecule has 1 fully saturated rings. The zero-order valence-corrected chi connectivity index (χ0v) is 24.7. The number of carbonyl (C=O) groups is 2. The third-order valence-electron chi connectivity index (χ3n) is 7.37. The first-order valence-electron chi connectivity index (χ1n) is 13.5. The number of sulfonamides is 1. The van der Waals surface area contributed by atoms with Crippen molar-refractivity contribution >= 4 is 27.8 Å². The van der Waals surface area contributed by atoms with Crippen LogP contribution in [-0.2, 0) is 31.1 Å². The molecule has 1 heterocycles. The van der Waals surface area contributed by atoms with Crippen LogP contribution in [0, 0.1) is 6.92 Å². The number of benzene rings is 3. The fourth-order valence-corrected chi connectivity index (χ4v) is 5.35. The van der Waals surface area contributed by atoms with Crippen molar-refractivity contribution in [2.24, 2.45) is 0 Å². The Labute approximate surface area is 251 Å². The molecule has 1 unspecified atom stereocenters. The van der Waals surface area contributed by atoms with Gasteiger partial charge in [-0.3, -0.25) is 14.8 Å². The quantitative estimate of drug-likeness (QED) is 0.257. The molecule has 0 bridgehead atoms. The number of nitrogens with zero attached hydrogens (tertiary/aromatic N) is 3. The number of alkyl halides is 3. The van der Waals surface area contributed by atoms with Gasteiger partial charge in [-0.25, -0.2) is 13.2 Å². The topological polar surface area (TPSA) is 132 Å². The van der Waals surface area contributed by atoms with Gasteiger partial charge in [0, 0.05) is 0 Å². The van der Waals surface area contributed by atoms with E-state index in [1.165, 1.54) is 23.7 Å². The molecule has 44 heavy (non-hydrogen) atoms. The van der Waals surface area contributed by atoms with Gasteiger partial charge in [-0.15, -0.1) is 5.10 Å². The number of aromatic nitrogens is 3.